The molecule has 1 saturated carbocycles. The van der Waals surface area contributed by atoms with Gasteiger partial charge in [0.05, 0.1) is 34.9 Å². The second kappa shape index (κ2) is 10.3. The highest BCUT2D eigenvalue weighted by Crippen LogP contribution is 2.36. The summed E-state index contributed by atoms with van der Waals surface area (Å²) in [5, 5.41) is 21.1. The van der Waals surface area contributed by atoms with Crippen LogP contribution in [-0.4, -0.2) is 53.2 Å². The molecular formula is C26H27N5O6. The van der Waals surface area contributed by atoms with E-state index in [2.05, 4.69) is 14.9 Å². The standard InChI is InChI=1S/C26H27N5O6/c32-23(33)13-30-12-18(27-15-30)11-21(26(35)36)29-25(34)16-6-7-22-20(10-16)28-24(17-8-9-37-14-17)31(22)19-4-2-1-3-5-19/h6-10,12,14-15,19,21H,1-5,11,13H2,(H,29,34)(H,32,33)(H,35,36)/t21-/m0/s1. The molecule has 5 rings (SSSR count). The predicted octanol–water partition coefficient (Wildman–Crippen LogP) is 3.51. The van der Waals surface area contributed by atoms with Crippen LogP contribution in [0.4, 0.5) is 0 Å². The molecule has 1 aromatic carbocycles. The summed E-state index contributed by atoms with van der Waals surface area (Å²) in [5.41, 5.74) is 3.08. The molecule has 4 aromatic rings. The lowest BCUT2D eigenvalue weighted by Gasteiger charge is -2.25. The van der Waals surface area contributed by atoms with E-state index >= 15 is 0 Å². The van der Waals surface area contributed by atoms with Crippen molar-refractivity contribution in [2.45, 2.75) is 57.2 Å². The predicted molar refractivity (Wildman–Crippen MR) is 132 cm³/mol. The summed E-state index contributed by atoms with van der Waals surface area (Å²) in [6, 6.07) is 6.15. The average Bonchev–Trinajstić information content (AvgIpc) is 3.63. The highest BCUT2D eigenvalue weighted by Gasteiger charge is 2.25. The number of fused-ring (bicyclic) bond motifs is 1. The first-order chi connectivity index (χ1) is 17.9. The van der Waals surface area contributed by atoms with E-state index < -0.39 is 23.9 Å². The van der Waals surface area contributed by atoms with Gasteiger partial charge >= 0.3 is 11.9 Å². The van der Waals surface area contributed by atoms with Crippen molar-refractivity contribution in [3.63, 3.8) is 0 Å². The van der Waals surface area contributed by atoms with Gasteiger partial charge in [0, 0.05) is 24.2 Å². The molecule has 11 heteroatoms. The number of furan rings is 1. The molecule has 3 heterocycles. The zero-order chi connectivity index (χ0) is 25.9. The Morgan fingerprint density at radius 3 is 2.65 bits per heavy atom. The number of carboxylic acids is 2. The molecule has 3 N–H and O–H groups in total. The lowest BCUT2D eigenvalue weighted by atomic mass is 9.95. The molecule has 192 valence electrons. The van der Waals surface area contributed by atoms with Crippen LogP contribution in [0.3, 0.4) is 0 Å². The van der Waals surface area contributed by atoms with Crippen LogP contribution < -0.4 is 5.32 Å². The SMILES string of the molecule is O=C(O)Cn1cnc(C[C@H](NC(=O)c2ccc3c(c2)nc(-c2ccoc2)n3C2CCCCC2)C(=O)O)c1. The first-order valence-corrected chi connectivity index (χ1v) is 12.2. The Balaban J connectivity index is 1.39. The van der Waals surface area contributed by atoms with Crippen molar-refractivity contribution in [2.75, 3.05) is 0 Å². The zero-order valence-electron chi connectivity index (χ0n) is 20.0. The van der Waals surface area contributed by atoms with E-state index in [1.54, 1.807) is 24.7 Å². The highest BCUT2D eigenvalue weighted by molar-refractivity contribution is 5.99. The van der Waals surface area contributed by atoms with E-state index in [1.165, 1.54) is 23.5 Å². The number of hydrogen-bond donors (Lipinski definition) is 3. The van der Waals surface area contributed by atoms with Crippen LogP contribution in [0.5, 0.6) is 0 Å². The summed E-state index contributed by atoms with van der Waals surface area (Å²) in [6.07, 6.45) is 11.6. The Morgan fingerprint density at radius 1 is 1.14 bits per heavy atom. The number of benzene rings is 1. The fraction of sp³-hybridized carbons (Fsp3) is 0.346. The van der Waals surface area contributed by atoms with E-state index in [-0.39, 0.29) is 13.0 Å². The number of imidazole rings is 2. The molecule has 0 spiro atoms. The molecular weight excluding hydrogens is 478 g/mol. The van der Waals surface area contributed by atoms with Crippen molar-refractivity contribution < 1.29 is 29.0 Å². The van der Waals surface area contributed by atoms with Crippen LogP contribution in [0.15, 0.2) is 53.7 Å². The topological polar surface area (TPSA) is 152 Å². The summed E-state index contributed by atoms with van der Waals surface area (Å²) >= 11 is 0. The summed E-state index contributed by atoms with van der Waals surface area (Å²) in [6.45, 7) is -0.286. The summed E-state index contributed by atoms with van der Waals surface area (Å²) in [4.78, 5) is 44.7. The molecule has 1 aliphatic rings. The van der Waals surface area contributed by atoms with E-state index in [1.807, 2.05) is 12.1 Å². The number of aromatic nitrogens is 4. The molecule has 0 aliphatic heterocycles. The zero-order valence-corrected chi connectivity index (χ0v) is 20.0. The van der Waals surface area contributed by atoms with E-state index in [4.69, 9.17) is 14.5 Å². The molecule has 1 atom stereocenters. The molecule has 1 aliphatic carbocycles. The van der Waals surface area contributed by atoms with E-state index in [0.717, 1.165) is 42.6 Å². The molecule has 1 amide bonds. The van der Waals surface area contributed by atoms with Gasteiger partial charge in [0.15, 0.2) is 0 Å². The van der Waals surface area contributed by atoms with Crippen LogP contribution >= 0.6 is 0 Å². The molecule has 0 saturated heterocycles. The largest absolute Gasteiger partial charge is 0.480 e. The molecule has 3 aromatic heterocycles. The maximum Gasteiger partial charge on any atom is 0.326 e. The quantitative estimate of drug-likeness (QED) is 0.312. The van der Waals surface area contributed by atoms with Gasteiger partial charge in [-0.05, 0) is 37.1 Å². The molecule has 0 unspecified atom stereocenters. The number of aliphatic carboxylic acids is 2. The lowest BCUT2D eigenvalue weighted by molar-refractivity contribution is -0.139. The van der Waals surface area contributed by atoms with Gasteiger partial charge in [-0.2, -0.15) is 0 Å². The fourth-order valence-corrected chi connectivity index (χ4v) is 4.95. The Bertz CT molecular complexity index is 1430. The van der Waals surface area contributed by atoms with E-state index in [0.29, 0.717) is 22.8 Å². The van der Waals surface area contributed by atoms with Gasteiger partial charge in [-0.3, -0.25) is 9.59 Å². The normalized spacial score (nSPS) is 15.0. The van der Waals surface area contributed by atoms with Gasteiger partial charge in [-0.25, -0.2) is 14.8 Å². The maximum absolute atomic E-state index is 13.0. The number of nitrogens with zero attached hydrogens (tertiary/aromatic N) is 4. The van der Waals surface area contributed by atoms with Crippen molar-refractivity contribution in [3.8, 4) is 11.4 Å². The van der Waals surface area contributed by atoms with Crippen LogP contribution in [0, 0.1) is 0 Å². The number of carboxylic acid groups (broad SMARTS) is 2. The number of rotatable bonds is 9. The molecule has 37 heavy (non-hydrogen) atoms. The molecule has 0 radical (unpaired) electrons. The van der Waals surface area contributed by atoms with Crippen LogP contribution in [-0.2, 0) is 22.6 Å². The van der Waals surface area contributed by atoms with Gasteiger partial charge < -0.3 is 29.1 Å². The van der Waals surface area contributed by atoms with Crippen molar-refractivity contribution in [1.29, 1.82) is 0 Å². The minimum absolute atomic E-state index is 0.0864. The second-order valence-electron chi connectivity index (χ2n) is 9.31. The van der Waals surface area contributed by atoms with Crippen molar-refractivity contribution in [1.82, 2.24) is 24.4 Å². The molecule has 0 bridgehead atoms. The third-order valence-electron chi connectivity index (χ3n) is 6.69. The Morgan fingerprint density at radius 2 is 1.95 bits per heavy atom. The first-order valence-electron chi connectivity index (χ1n) is 12.2. The van der Waals surface area contributed by atoms with Crippen LogP contribution in [0.2, 0.25) is 0 Å². The monoisotopic (exact) mass is 505 g/mol. The highest BCUT2D eigenvalue weighted by atomic mass is 16.4. The van der Waals surface area contributed by atoms with Crippen LogP contribution in [0.1, 0.15) is 54.2 Å². The Hall–Kier alpha value is -4.41. The number of hydrogen-bond acceptors (Lipinski definition) is 6. The third-order valence-corrected chi connectivity index (χ3v) is 6.69. The fourth-order valence-electron chi connectivity index (χ4n) is 4.95. The minimum atomic E-state index is -1.24. The van der Waals surface area contributed by atoms with Crippen molar-refractivity contribution >= 4 is 28.9 Å². The van der Waals surface area contributed by atoms with Gasteiger partial charge in [0.25, 0.3) is 5.91 Å². The van der Waals surface area contributed by atoms with Crippen molar-refractivity contribution in [3.05, 3.63) is 60.6 Å². The second-order valence-corrected chi connectivity index (χ2v) is 9.31. The number of carbonyl (C=O) groups is 3. The first kappa shape index (κ1) is 24.3. The number of nitrogens with one attached hydrogen (secondary N) is 1. The maximum atomic E-state index is 13.0. The number of amides is 1. The van der Waals surface area contributed by atoms with E-state index in [9.17, 15) is 19.5 Å². The lowest BCUT2D eigenvalue weighted by Crippen LogP contribution is -2.42. The van der Waals surface area contributed by atoms with Gasteiger partial charge in [-0.1, -0.05) is 19.3 Å². The number of carbonyl (C=O) groups excluding carboxylic acids is 1. The Kier molecular flexibility index (Phi) is 6.76. The Labute approximate surface area is 211 Å². The smallest absolute Gasteiger partial charge is 0.326 e. The van der Waals surface area contributed by atoms with Gasteiger partial charge in [-0.15, -0.1) is 0 Å². The molecule has 11 nitrogen and oxygen atoms in total. The van der Waals surface area contributed by atoms with Crippen LogP contribution in [0.25, 0.3) is 22.4 Å². The van der Waals surface area contributed by atoms with Gasteiger partial charge in [0.1, 0.15) is 24.7 Å². The molecule has 1 fully saturated rings. The summed E-state index contributed by atoms with van der Waals surface area (Å²) in [7, 11) is 0. The van der Waals surface area contributed by atoms with Crippen molar-refractivity contribution in [2.24, 2.45) is 0 Å². The minimum Gasteiger partial charge on any atom is -0.480 e. The summed E-state index contributed by atoms with van der Waals surface area (Å²) in [5.74, 6) is -2.01. The van der Waals surface area contributed by atoms with Gasteiger partial charge in [0.2, 0.25) is 0 Å². The third kappa shape index (κ3) is 5.25. The summed E-state index contributed by atoms with van der Waals surface area (Å²) < 4.78 is 8.87. The average molecular weight is 506 g/mol.